The zero-order valence-electron chi connectivity index (χ0n) is 12.0. The lowest BCUT2D eigenvalue weighted by molar-refractivity contribution is -0.132. The van der Waals surface area contributed by atoms with Crippen molar-refractivity contribution in [2.45, 2.75) is 38.9 Å². The second kappa shape index (κ2) is 6.86. The summed E-state index contributed by atoms with van der Waals surface area (Å²) >= 11 is 0. The Balaban J connectivity index is 1.70. The lowest BCUT2D eigenvalue weighted by Crippen LogP contribution is -2.38. The van der Waals surface area contributed by atoms with Crippen LogP contribution in [-0.4, -0.2) is 30.3 Å². The van der Waals surface area contributed by atoms with E-state index in [0.29, 0.717) is 13.2 Å². The summed E-state index contributed by atoms with van der Waals surface area (Å²) < 4.78 is 5.57. The fourth-order valence-electron chi connectivity index (χ4n) is 2.22. The summed E-state index contributed by atoms with van der Waals surface area (Å²) in [6, 6.07) is 9.82. The van der Waals surface area contributed by atoms with Gasteiger partial charge in [-0.15, -0.1) is 0 Å². The molecule has 1 aromatic rings. The maximum atomic E-state index is 11.9. The molecule has 20 heavy (non-hydrogen) atoms. The molecule has 1 aliphatic rings. The first kappa shape index (κ1) is 15.0. The molecular weight excluding hydrogens is 254 g/mol. The molecule has 4 heteroatoms. The highest BCUT2D eigenvalue weighted by Gasteiger charge is 2.42. The number of aliphatic hydroxyl groups is 1. The van der Waals surface area contributed by atoms with Gasteiger partial charge in [0, 0.05) is 13.2 Å². The third kappa shape index (κ3) is 4.32. The summed E-state index contributed by atoms with van der Waals surface area (Å²) in [4.78, 5) is 11.9. The van der Waals surface area contributed by atoms with Crippen molar-refractivity contribution >= 4 is 5.91 Å². The largest absolute Gasteiger partial charge is 0.396 e. The van der Waals surface area contributed by atoms with E-state index < -0.39 is 6.10 Å². The molecule has 1 atom stereocenters. The molecule has 1 fully saturated rings. The van der Waals surface area contributed by atoms with Crippen LogP contribution in [-0.2, 0) is 16.1 Å². The minimum Gasteiger partial charge on any atom is -0.396 e. The molecule has 0 aromatic heterocycles. The van der Waals surface area contributed by atoms with Crippen LogP contribution in [0.5, 0.6) is 0 Å². The molecule has 2 N–H and O–H groups in total. The normalized spacial score (nSPS) is 17.5. The van der Waals surface area contributed by atoms with E-state index in [9.17, 15) is 4.79 Å². The van der Waals surface area contributed by atoms with Crippen molar-refractivity contribution in [2.24, 2.45) is 5.41 Å². The lowest BCUT2D eigenvalue weighted by atomic mass is 10.0. The van der Waals surface area contributed by atoms with Crippen LogP contribution >= 0.6 is 0 Å². The first-order chi connectivity index (χ1) is 9.65. The quantitative estimate of drug-likeness (QED) is 0.762. The molecular formula is C16H23NO3. The number of aliphatic hydroxyl groups excluding tert-OH is 1. The minimum atomic E-state index is -0.458. The van der Waals surface area contributed by atoms with E-state index in [1.54, 1.807) is 6.92 Å². The molecule has 4 nitrogen and oxygen atoms in total. The summed E-state index contributed by atoms with van der Waals surface area (Å²) in [7, 11) is 0. The van der Waals surface area contributed by atoms with Gasteiger partial charge in [0.25, 0.3) is 0 Å². The van der Waals surface area contributed by atoms with Crippen molar-refractivity contribution in [3.05, 3.63) is 35.9 Å². The number of carbonyl (C=O) groups is 1. The standard InChI is InChI=1S/C16H23NO3/c1-13(20-11-14-5-3-2-4-6-14)15(19)17-12-16(7-8-16)9-10-18/h2-6,13,18H,7-12H2,1H3,(H,17,19). The molecule has 1 amide bonds. The molecule has 1 saturated carbocycles. The van der Waals surface area contributed by atoms with Crippen LogP contribution in [0.15, 0.2) is 30.3 Å². The monoisotopic (exact) mass is 277 g/mol. The van der Waals surface area contributed by atoms with Crippen LogP contribution in [0, 0.1) is 5.41 Å². The molecule has 1 unspecified atom stereocenters. The Morgan fingerprint density at radius 3 is 2.70 bits per heavy atom. The number of benzene rings is 1. The Hall–Kier alpha value is -1.39. The van der Waals surface area contributed by atoms with Crippen molar-refractivity contribution in [1.82, 2.24) is 5.32 Å². The predicted molar refractivity (Wildman–Crippen MR) is 77.1 cm³/mol. The Kier molecular flexibility index (Phi) is 5.15. The molecule has 0 aliphatic heterocycles. The van der Waals surface area contributed by atoms with E-state index in [0.717, 1.165) is 24.8 Å². The van der Waals surface area contributed by atoms with Gasteiger partial charge in [-0.25, -0.2) is 0 Å². The smallest absolute Gasteiger partial charge is 0.248 e. The Labute approximate surface area is 120 Å². The SMILES string of the molecule is CC(OCc1ccccc1)C(=O)NCC1(CCO)CC1. The van der Waals surface area contributed by atoms with Crippen LogP contribution in [0.3, 0.4) is 0 Å². The second-order valence-electron chi connectivity index (χ2n) is 5.63. The highest BCUT2D eigenvalue weighted by Crippen LogP contribution is 2.47. The summed E-state index contributed by atoms with van der Waals surface area (Å²) in [6.45, 7) is 3.04. The third-order valence-corrected chi connectivity index (χ3v) is 3.95. The molecule has 2 rings (SSSR count). The van der Waals surface area contributed by atoms with Crippen LogP contribution < -0.4 is 5.32 Å². The van der Waals surface area contributed by atoms with Crippen molar-refractivity contribution in [1.29, 1.82) is 0 Å². The molecule has 1 aliphatic carbocycles. The lowest BCUT2D eigenvalue weighted by Gasteiger charge is -2.17. The van der Waals surface area contributed by atoms with Crippen LogP contribution in [0.25, 0.3) is 0 Å². The van der Waals surface area contributed by atoms with Crippen molar-refractivity contribution in [2.75, 3.05) is 13.2 Å². The van der Waals surface area contributed by atoms with E-state index in [4.69, 9.17) is 9.84 Å². The van der Waals surface area contributed by atoms with Gasteiger partial charge in [0.1, 0.15) is 6.10 Å². The first-order valence-corrected chi connectivity index (χ1v) is 7.19. The minimum absolute atomic E-state index is 0.0786. The van der Waals surface area contributed by atoms with Crippen molar-refractivity contribution in [3.8, 4) is 0 Å². The Bertz CT molecular complexity index is 429. The van der Waals surface area contributed by atoms with Gasteiger partial charge in [-0.2, -0.15) is 0 Å². The van der Waals surface area contributed by atoms with Gasteiger partial charge in [0.05, 0.1) is 6.61 Å². The van der Waals surface area contributed by atoms with Gasteiger partial charge in [0.2, 0.25) is 5.91 Å². The van der Waals surface area contributed by atoms with Gasteiger partial charge in [-0.3, -0.25) is 4.79 Å². The van der Waals surface area contributed by atoms with Gasteiger partial charge in [-0.05, 0) is 37.2 Å². The summed E-state index contributed by atoms with van der Waals surface area (Å²) in [5.41, 5.74) is 1.20. The number of rotatable bonds is 8. The van der Waals surface area contributed by atoms with Gasteiger partial charge >= 0.3 is 0 Å². The molecule has 1 aromatic carbocycles. The number of carbonyl (C=O) groups excluding carboxylic acids is 1. The van der Waals surface area contributed by atoms with Gasteiger partial charge in [-0.1, -0.05) is 30.3 Å². The maximum absolute atomic E-state index is 11.9. The zero-order chi connectivity index (χ0) is 14.4. The summed E-state index contributed by atoms with van der Waals surface area (Å²) in [6.07, 6.45) is 2.49. The van der Waals surface area contributed by atoms with Crippen LogP contribution in [0.1, 0.15) is 31.7 Å². The fourth-order valence-corrected chi connectivity index (χ4v) is 2.22. The highest BCUT2D eigenvalue weighted by atomic mass is 16.5. The van der Waals surface area contributed by atoms with Gasteiger partial charge in [0.15, 0.2) is 0 Å². The summed E-state index contributed by atoms with van der Waals surface area (Å²) in [5.74, 6) is -0.0786. The number of hydrogen-bond acceptors (Lipinski definition) is 3. The first-order valence-electron chi connectivity index (χ1n) is 7.19. The molecule has 0 saturated heterocycles. The average molecular weight is 277 g/mol. The van der Waals surface area contributed by atoms with Crippen molar-refractivity contribution in [3.63, 3.8) is 0 Å². The molecule has 0 radical (unpaired) electrons. The number of nitrogens with one attached hydrogen (secondary N) is 1. The number of hydrogen-bond donors (Lipinski definition) is 2. The Morgan fingerprint density at radius 1 is 1.40 bits per heavy atom. The zero-order valence-corrected chi connectivity index (χ0v) is 12.0. The topological polar surface area (TPSA) is 58.6 Å². The molecule has 0 spiro atoms. The number of amides is 1. The highest BCUT2D eigenvalue weighted by molar-refractivity contribution is 5.80. The van der Waals surface area contributed by atoms with Gasteiger partial charge < -0.3 is 15.2 Å². The van der Waals surface area contributed by atoms with E-state index in [1.807, 2.05) is 30.3 Å². The van der Waals surface area contributed by atoms with Crippen molar-refractivity contribution < 1.29 is 14.6 Å². The van der Waals surface area contributed by atoms with E-state index in [1.165, 1.54) is 0 Å². The molecule has 0 heterocycles. The van der Waals surface area contributed by atoms with E-state index in [-0.39, 0.29) is 17.9 Å². The molecule has 110 valence electrons. The van der Waals surface area contributed by atoms with Crippen LogP contribution in [0.4, 0.5) is 0 Å². The third-order valence-electron chi connectivity index (χ3n) is 3.95. The fraction of sp³-hybridized carbons (Fsp3) is 0.562. The number of ether oxygens (including phenoxy) is 1. The Morgan fingerprint density at radius 2 is 2.10 bits per heavy atom. The second-order valence-corrected chi connectivity index (χ2v) is 5.63. The van der Waals surface area contributed by atoms with E-state index >= 15 is 0 Å². The predicted octanol–water partition coefficient (Wildman–Crippen LogP) is 1.87. The maximum Gasteiger partial charge on any atom is 0.248 e. The molecule has 0 bridgehead atoms. The van der Waals surface area contributed by atoms with Crippen LogP contribution in [0.2, 0.25) is 0 Å². The average Bonchev–Trinajstić information content (AvgIpc) is 3.24. The summed E-state index contributed by atoms with van der Waals surface area (Å²) in [5, 5.41) is 11.9. The van der Waals surface area contributed by atoms with E-state index in [2.05, 4.69) is 5.32 Å².